The largest absolute Gasteiger partial charge is 0.441 e. The van der Waals surface area contributed by atoms with Crippen molar-refractivity contribution in [3.05, 3.63) is 72.8 Å². The van der Waals surface area contributed by atoms with Crippen molar-refractivity contribution in [2.75, 3.05) is 0 Å². The first-order chi connectivity index (χ1) is 9.34. The first kappa shape index (κ1) is 12.0. The molecule has 0 aliphatic heterocycles. The van der Waals surface area contributed by atoms with Gasteiger partial charge in [-0.05, 0) is 23.6 Å². The third kappa shape index (κ3) is 2.54. The van der Waals surface area contributed by atoms with Gasteiger partial charge in [-0.15, -0.1) is 0 Å². The van der Waals surface area contributed by atoms with Crippen LogP contribution in [0.4, 0.5) is 0 Å². The number of hydrogen-bond acceptors (Lipinski definition) is 2. The molecule has 3 aromatic carbocycles. The minimum atomic E-state index is -2.26. The van der Waals surface area contributed by atoms with Crippen LogP contribution in [0.2, 0.25) is 0 Å². The summed E-state index contributed by atoms with van der Waals surface area (Å²) in [7, 11) is -2.26. The molecule has 2 nitrogen and oxygen atoms in total. The molecule has 94 valence electrons. The molecule has 0 fully saturated rings. The van der Waals surface area contributed by atoms with Gasteiger partial charge in [-0.1, -0.05) is 54.6 Å². The standard InChI is InChI=1S/C16H13O2P/c17-19(14-9-2-1-3-10-14)18-16-12-6-8-13-7-4-5-11-15(13)16/h1-12,19H. The molecule has 0 aliphatic rings. The molecule has 0 saturated heterocycles. The van der Waals surface area contributed by atoms with E-state index in [0.717, 1.165) is 16.1 Å². The van der Waals surface area contributed by atoms with Crippen LogP contribution in [-0.2, 0) is 4.57 Å². The van der Waals surface area contributed by atoms with E-state index in [0.29, 0.717) is 5.75 Å². The average molecular weight is 268 g/mol. The van der Waals surface area contributed by atoms with E-state index < -0.39 is 8.03 Å². The van der Waals surface area contributed by atoms with Crippen LogP contribution in [0.1, 0.15) is 0 Å². The van der Waals surface area contributed by atoms with Crippen molar-refractivity contribution < 1.29 is 9.09 Å². The number of rotatable bonds is 3. The van der Waals surface area contributed by atoms with E-state index in [2.05, 4.69) is 0 Å². The summed E-state index contributed by atoms with van der Waals surface area (Å²) >= 11 is 0. The highest BCUT2D eigenvalue weighted by molar-refractivity contribution is 7.48. The van der Waals surface area contributed by atoms with Gasteiger partial charge in [0.15, 0.2) is 0 Å². The molecule has 0 bridgehead atoms. The molecule has 3 heteroatoms. The Morgan fingerprint density at radius 3 is 2.26 bits per heavy atom. The van der Waals surface area contributed by atoms with E-state index in [-0.39, 0.29) is 0 Å². The van der Waals surface area contributed by atoms with E-state index in [1.165, 1.54) is 0 Å². The normalized spacial score (nSPS) is 12.2. The molecule has 0 aromatic heterocycles. The summed E-state index contributed by atoms with van der Waals surface area (Å²) in [4.78, 5) is 0. The lowest BCUT2D eigenvalue weighted by Gasteiger charge is -2.09. The van der Waals surface area contributed by atoms with Crippen LogP contribution in [0.15, 0.2) is 72.8 Å². The third-order valence-corrected chi connectivity index (χ3v) is 4.17. The molecule has 1 unspecified atom stereocenters. The Labute approximate surface area is 112 Å². The van der Waals surface area contributed by atoms with Gasteiger partial charge in [-0.25, -0.2) is 0 Å². The van der Waals surface area contributed by atoms with Gasteiger partial charge in [0.05, 0.1) is 0 Å². The second kappa shape index (κ2) is 5.29. The Morgan fingerprint density at radius 2 is 1.42 bits per heavy atom. The number of fused-ring (bicyclic) bond motifs is 1. The zero-order chi connectivity index (χ0) is 13.1. The Bertz CT molecular complexity index is 718. The highest BCUT2D eigenvalue weighted by atomic mass is 31.1. The van der Waals surface area contributed by atoms with E-state index >= 15 is 0 Å². The van der Waals surface area contributed by atoms with Crippen molar-refractivity contribution in [1.82, 2.24) is 0 Å². The molecule has 0 N–H and O–H groups in total. The zero-order valence-corrected chi connectivity index (χ0v) is 11.2. The van der Waals surface area contributed by atoms with E-state index in [9.17, 15) is 4.57 Å². The van der Waals surface area contributed by atoms with Gasteiger partial charge in [0.2, 0.25) is 0 Å². The SMILES string of the molecule is O=[PH](Oc1cccc2ccccc12)c1ccccc1. The highest BCUT2D eigenvalue weighted by Crippen LogP contribution is 2.32. The smallest absolute Gasteiger partial charge is 0.265 e. The molecule has 0 radical (unpaired) electrons. The fourth-order valence-corrected chi connectivity index (χ4v) is 2.98. The van der Waals surface area contributed by atoms with Crippen LogP contribution in [0, 0.1) is 0 Å². The zero-order valence-electron chi connectivity index (χ0n) is 10.2. The summed E-state index contributed by atoms with van der Waals surface area (Å²) in [6.07, 6.45) is 0. The van der Waals surface area contributed by atoms with Crippen molar-refractivity contribution in [3.63, 3.8) is 0 Å². The summed E-state index contributed by atoms with van der Waals surface area (Å²) in [6.45, 7) is 0. The lowest BCUT2D eigenvalue weighted by Crippen LogP contribution is -1.98. The van der Waals surface area contributed by atoms with Crippen molar-refractivity contribution >= 4 is 24.1 Å². The fourth-order valence-electron chi connectivity index (χ4n) is 2.02. The van der Waals surface area contributed by atoms with Gasteiger partial charge >= 0.3 is 0 Å². The molecule has 0 spiro atoms. The Morgan fingerprint density at radius 1 is 0.737 bits per heavy atom. The molecule has 1 atom stereocenters. The molecule has 0 heterocycles. The van der Waals surface area contributed by atoms with Gasteiger partial charge in [0.25, 0.3) is 8.03 Å². The highest BCUT2D eigenvalue weighted by Gasteiger charge is 2.07. The van der Waals surface area contributed by atoms with Crippen molar-refractivity contribution in [2.24, 2.45) is 0 Å². The van der Waals surface area contributed by atoms with Gasteiger partial charge < -0.3 is 4.52 Å². The molecular formula is C16H13O2P. The Hall–Kier alpha value is -2.05. The third-order valence-electron chi connectivity index (χ3n) is 2.96. The van der Waals surface area contributed by atoms with Gasteiger partial charge in [0.1, 0.15) is 5.75 Å². The molecule has 3 aromatic rings. The maximum Gasteiger partial charge on any atom is 0.265 e. The topological polar surface area (TPSA) is 26.3 Å². The van der Waals surface area contributed by atoms with Crippen LogP contribution in [-0.4, -0.2) is 0 Å². The maximum absolute atomic E-state index is 12.2. The first-order valence-corrected chi connectivity index (χ1v) is 7.41. The molecule has 0 aliphatic carbocycles. The molecule has 0 amide bonds. The molecule has 0 saturated carbocycles. The maximum atomic E-state index is 12.2. The minimum absolute atomic E-state index is 0.672. The van der Waals surface area contributed by atoms with Crippen LogP contribution >= 0.6 is 8.03 Å². The summed E-state index contributed by atoms with van der Waals surface area (Å²) in [6, 6.07) is 23.0. The molecule has 19 heavy (non-hydrogen) atoms. The second-order valence-electron chi connectivity index (χ2n) is 4.23. The summed E-state index contributed by atoms with van der Waals surface area (Å²) in [5.41, 5.74) is 0. The van der Waals surface area contributed by atoms with Crippen molar-refractivity contribution in [3.8, 4) is 5.75 Å². The second-order valence-corrected chi connectivity index (χ2v) is 5.59. The number of hydrogen-bond donors (Lipinski definition) is 0. The predicted molar refractivity (Wildman–Crippen MR) is 79.7 cm³/mol. The van der Waals surface area contributed by atoms with Crippen LogP contribution in [0.25, 0.3) is 10.8 Å². The Balaban J connectivity index is 1.96. The minimum Gasteiger partial charge on any atom is -0.441 e. The van der Waals surface area contributed by atoms with E-state index in [4.69, 9.17) is 4.52 Å². The Kier molecular flexibility index (Phi) is 3.35. The molecular weight excluding hydrogens is 255 g/mol. The van der Waals surface area contributed by atoms with E-state index in [1.54, 1.807) is 0 Å². The lowest BCUT2D eigenvalue weighted by molar-refractivity contribution is 0.517. The fraction of sp³-hybridized carbons (Fsp3) is 0. The molecule has 3 rings (SSSR count). The van der Waals surface area contributed by atoms with Crippen molar-refractivity contribution in [1.29, 1.82) is 0 Å². The van der Waals surface area contributed by atoms with Crippen LogP contribution < -0.4 is 9.83 Å². The summed E-state index contributed by atoms with van der Waals surface area (Å²) in [5, 5.41) is 2.81. The van der Waals surface area contributed by atoms with Crippen molar-refractivity contribution in [2.45, 2.75) is 0 Å². The van der Waals surface area contributed by atoms with Crippen LogP contribution in [0.3, 0.4) is 0 Å². The summed E-state index contributed by atoms with van der Waals surface area (Å²) < 4.78 is 17.9. The number of benzene rings is 3. The summed E-state index contributed by atoms with van der Waals surface area (Å²) in [5.74, 6) is 0.672. The average Bonchev–Trinajstić information content (AvgIpc) is 2.48. The van der Waals surface area contributed by atoms with E-state index in [1.807, 2.05) is 72.8 Å². The van der Waals surface area contributed by atoms with Gasteiger partial charge in [-0.2, -0.15) is 0 Å². The lowest BCUT2D eigenvalue weighted by atomic mass is 10.1. The quantitative estimate of drug-likeness (QED) is 0.671. The first-order valence-electron chi connectivity index (χ1n) is 6.09. The monoisotopic (exact) mass is 268 g/mol. The van der Waals surface area contributed by atoms with Gasteiger partial charge in [-0.3, -0.25) is 4.57 Å². The van der Waals surface area contributed by atoms with Crippen LogP contribution in [0.5, 0.6) is 5.75 Å². The van der Waals surface area contributed by atoms with Gasteiger partial charge in [0, 0.05) is 10.7 Å². The predicted octanol–water partition coefficient (Wildman–Crippen LogP) is 4.02.